The Morgan fingerprint density at radius 1 is 1.12 bits per heavy atom. The van der Waals surface area contributed by atoms with Crippen LogP contribution in [0.3, 0.4) is 0 Å². The summed E-state index contributed by atoms with van der Waals surface area (Å²) in [5, 5.41) is 4.55. The molecule has 0 N–H and O–H groups in total. The minimum atomic E-state index is -3.69. The van der Waals surface area contributed by atoms with Crippen molar-refractivity contribution in [1.29, 1.82) is 0 Å². The van der Waals surface area contributed by atoms with Gasteiger partial charge in [-0.05, 0) is 31.9 Å². The summed E-state index contributed by atoms with van der Waals surface area (Å²) in [6.07, 6.45) is 2.23. The maximum atomic E-state index is 13.2. The van der Waals surface area contributed by atoms with Crippen LogP contribution in [0.2, 0.25) is 0 Å². The molecule has 2 aromatic rings. The number of nitrogens with zero attached hydrogens (tertiary/aromatic N) is 4. The van der Waals surface area contributed by atoms with Crippen molar-refractivity contribution in [1.82, 2.24) is 19.1 Å². The third-order valence-corrected chi connectivity index (χ3v) is 6.92. The predicted octanol–water partition coefficient (Wildman–Crippen LogP) is 1.94. The third kappa shape index (κ3) is 2.75. The van der Waals surface area contributed by atoms with Gasteiger partial charge in [0.1, 0.15) is 5.82 Å². The van der Waals surface area contributed by atoms with Gasteiger partial charge in [0.2, 0.25) is 10.0 Å². The fourth-order valence-electron chi connectivity index (χ4n) is 3.32. The second-order valence-electron chi connectivity index (χ2n) is 6.63. The largest absolute Gasteiger partial charge is 0.493 e. The van der Waals surface area contributed by atoms with Crippen LogP contribution in [-0.4, -0.2) is 48.3 Å². The smallest absolute Gasteiger partial charge is 0.243 e. The van der Waals surface area contributed by atoms with Gasteiger partial charge >= 0.3 is 0 Å². The van der Waals surface area contributed by atoms with E-state index in [1.807, 2.05) is 11.6 Å². The Kier molecular flexibility index (Phi) is 4.15. The van der Waals surface area contributed by atoms with Gasteiger partial charge in [-0.1, -0.05) is 0 Å². The summed E-state index contributed by atoms with van der Waals surface area (Å²) in [6.45, 7) is 2.72. The summed E-state index contributed by atoms with van der Waals surface area (Å²) >= 11 is 0. The number of hydrogen-bond donors (Lipinski definition) is 0. The number of hydrogen-bond acceptors (Lipinski definition) is 6. The van der Waals surface area contributed by atoms with Gasteiger partial charge < -0.3 is 9.47 Å². The molecule has 0 radical (unpaired) electrons. The zero-order valence-corrected chi connectivity index (χ0v) is 15.9. The highest BCUT2D eigenvalue weighted by Crippen LogP contribution is 2.40. The topological polar surface area (TPSA) is 86.6 Å². The van der Waals surface area contributed by atoms with E-state index in [1.54, 1.807) is 12.1 Å². The summed E-state index contributed by atoms with van der Waals surface area (Å²) in [7, 11) is -0.688. The van der Waals surface area contributed by atoms with Crippen LogP contribution in [0, 0.1) is 0 Å². The van der Waals surface area contributed by atoms with Crippen LogP contribution in [0.5, 0.6) is 11.5 Å². The fraction of sp³-hybridized carbons (Fsp3) is 0.529. The van der Waals surface area contributed by atoms with Crippen molar-refractivity contribution in [3.8, 4) is 11.5 Å². The lowest BCUT2D eigenvalue weighted by molar-refractivity contribution is 0.265. The molecule has 4 rings (SSSR count). The van der Waals surface area contributed by atoms with Gasteiger partial charge in [0.25, 0.3) is 0 Å². The Morgan fingerprint density at radius 2 is 1.85 bits per heavy atom. The Balaban J connectivity index is 1.67. The van der Waals surface area contributed by atoms with E-state index in [0.717, 1.165) is 18.7 Å². The quantitative estimate of drug-likeness (QED) is 0.790. The Hall–Kier alpha value is -2.13. The number of aromatic nitrogens is 3. The minimum absolute atomic E-state index is 0.178. The van der Waals surface area contributed by atoms with Crippen molar-refractivity contribution in [3.05, 3.63) is 29.8 Å². The molecule has 0 amide bonds. The molecular weight excluding hydrogens is 356 g/mol. The van der Waals surface area contributed by atoms with Gasteiger partial charge in [-0.3, -0.25) is 0 Å². The van der Waals surface area contributed by atoms with Crippen LogP contribution >= 0.6 is 0 Å². The molecular formula is C17H22N4O4S. The number of benzene rings is 1. The average molecular weight is 378 g/mol. The van der Waals surface area contributed by atoms with Crippen LogP contribution in [0.15, 0.2) is 23.1 Å². The second-order valence-corrected chi connectivity index (χ2v) is 8.52. The first-order valence-corrected chi connectivity index (χ1v) is 10.1. The molecule has 8 nitrogen and oxygen atoms in total. The van der Waals surface area contributed by atoms with Gasteiger partial charge in [0.05, 0.1) is 31.7 Å². The van der Waals surface area contributed by atoms with Crippen LogP contribution < -0.4 is 9.47 Å². The number of rotatable bonds is 5. The Labute approximate surface area is 152 Å². The SMILES string of the molecule is COc1ccc(S(=O)(=O)N2CCn3nc(C4CC4)nc3[C@H]2C)cc1OC. The molecule has 26 heavy (non-hydrogen) atoms. The molecule has 0 spiro atoms. The molecule has 2 aliphatic rings. The predicted molar refractivity (Wildman–Crippen MR) is 93.8 cm³/mol. The van der Waals surface area contributed by atoms with Gasteiger partial charge in [0.15, 0.2) is 17.3 Å². The second kappa shape index (κ2) is 6.24. The zero-order chi connectivity index (χ0) is 18.5. The van der Waals surface area contributed by atoms with E-state index in [4.69, 9.17) is 9.47 Å². The maximum Gasteiger partial charge on any atom is 0.243 e. The van der Waals surface area contributed by atoms with E-state index in [2.05, 4.69) is 10.1 Å². The Bertz CT molecular complexity index is 936. The molecule has 0 unspecified atom stereocenters. The standard InChI is InChI=1S/C17H22N4O4S/c1-11-17-18-16(12-4-5-12)19-20(17)8-9-21(11)26(22,23)13-6-7-14(24-2)15(10-13)25-3/h6-7,10-12H,4-5,8-9H2,1-3H3/t11-/m1/s1. The number of ether oxygens (including phenoxy) is 2. The highest BCUT2D eigenvalue weighted by atomic mass is 32.2. The van der Waals surface area contributed by atoms with Crippen LogP contribution in [0.1, 0.15) is 43.4 Å². The Morgan fingerprint density at radius 3 is 2.50 bits per heavy atom. The molecule has 1 aliphatic carbocycles. The molecule has 9 heteroatoms. The lowest BCUT2D eigenvalue weighted by Crippen LogP contribution is -2.41. The molecule has 1 aliphatic heterocycles. The first kappa shape index (κ1) is 17.3. The third-order valence-electron chi connectivity index (χ3n) is 4.96. The van der Waals surface area contributed by atoms with E-state index in [9.17, 15) is 8.42 Å². The minimum Gasteiger partial charge on any atom is -0.493 e. The van der Waals surface area contributed by atoms with E-state index >= 15 is 0 Å². The van der Waals surface area contributed by atoms with Gasteiger partial charge in [-0.25, -0.2) is 18.1 Å². The lowest BCUT2D eigenvalue weighted by Gasteiger charge is -2.32. The van der Waals surface area contributed by atoms with Gasteiger partial charge in [0, 0.05) is 18.5 Å². The van der Waals surface area contributed by atoms with E-state index in [-0.39, 0.29) is 10.9 Å². The zero-order valence-electron chi connectivity index (χ0n) is 15.0. The molecule has 1 aromatic heterocycles. The summed E-state index contributed by atoms with van der Waals surface area (Å²) < 4.78 is 40.2. The van der Waals surface area contributed by atoms with Crippen molar-refractivity contribution in [3.63, 3.8) is 0 Å². The molecule has 0 saturated heterocycles. The number of fused-ring (bicyclic) bond motifs is 1. The van der Waals surface area contributed by atoms with Crippen molar-refractivity contribution >= 4 is 10.0 Å². The molecule has 1 saturated carbocycles. The van der Waals surface area contributed by atoms with Crippen LogP contribution in [0.25, 0.3) is 0 Å². The number of sulfonamides is 1. The van der Waals surface area contributed by atoms with E-state index < -0.39 is 10.0 Å². The van der Waals surface area contributed by atoms with E-state index in [1.165, 1.54) is 24.6 Å². The number of methoxy groups -OCH3 is 2. The van der Waals surface area contributed by atoms with Gasteiger partial charge in [-0.2, -0.15) is 9.40 Å². The fourth-order valence-corrected chi connectivity index (χ4v) is 4.92. The van der Waals surface area contributed by atoms with E-state index in [0.29, 0.717) is 36.3 Å². The average Bonchev–Trinajstić information content (AvgIpc) is 3.40. The molecule has 1 fully saturated rings. The summed E-state index contributed by atoms with van der Waals surface area (Å²) in [5.74, 6) is 2.88. The molecule has 0 bridgehead atoms. The molecule has 1 aromatic carbocycles. The highest BCUT2D eigenvalue weighted by molar-refractivity contribution is 7.89. The van der Waals surface area contributed by atoms with Crippen molar-refractivity contribution < 1.29 is 17.9 Å². The maximum absolute atomic E-state index is 13.2. The summed E-state index contributed by atoms with van der Waals surface area (Å²) in [5.41, 5.74) is 0. The lowest BCUT2D eigenvalue weighted by atomic mass is 10.2. The normalized spacial score (nSPS) is 20.7. The first-order chi connectivity index (χ1) is 12.5. The van der Waals surface area contributed by atoms with Crippen LogP contribution in [-0.2, 0) is 16.6 Å². The monoisotopic (exact) mass is 378 g/mol. The molecule has 1 atom stereocenters. The van der Waals surface area contributed by atoms with Crippen LogP contribution in [0.4, 0.5) is 0 Å². The van der Waals surface area contributed by atoms with Gasteiger partial charge in [-0.15, -0.1) is 0 Å². The van der Waals surface area contributed by atoms with Crippen molar-refractivity contribution in [2.24, 2.45) is 0 Å². The molecule has 2 heterocycles. The van der Waals surface area contributed by atoms with Crippen molar-refractivity contribution in [2.45, 2.75) is 43.2 Å². The highest BCUT2D eigenvalue weighted by Gasteiger charge is 2.38. The van der Waals surface area contributed by atoms with Crippen molar-refractivity contribution in [2.75, 3.05) is 20.8 Å². The summed E-state index contributed by atoms with van der Waals surface area (Å²) in [6, 6.07) is 4.27. The summed E-state index contributed by atoms with van der Waals surface area (Å²) in [4.78, 5) is 4.79. The first-order valence-electron chi connectivity index (χ1n) is 8.64. The molecule has 140 valence electrons.